The number of anilines is 2. The highest BCUT2D eigenvalue weighted by molar-refractivity contribution is 7.18. The number of carbonyl (C=O) groups is 1. The summed E-state index contributed by atoms with van der Waals surface area (Å²) in [5.74, 6) is 1.55. The summed E-state index contributed by atoms with van der Waals surface area (Å²) in [4.78, 5) is 15.0. The van der Waals surface area contributed by atoms with Crippen LogP contribution in [0.25, 0.3) is 0 Å². The molecule has 0 atom stereocenters. The predicted octanol–water partition coefficient (Wildman–Crippen LogP) is 3.65. The second-order valence-corrected chi connectivity index (χ2v) is 7.06. The second kappa shape index (κ2) is 4.82. The molecule has 3 rings (SSSR count). The van der Waals surface area contributed by atoms with E-state index in [1.165, 1.54) is 36.2 Å². The molecule has 1 saturated heterocycles. The van der Waals surface area contributed by atoms with E-state index in [9.17, 15) is 4.79 Å². The molecule has 2 heterocycles. The van der Waals surface area contributed by atoms with E-state index in [0.717, 1.165) is 29.6 Å². The molecular weight excluding hydrogens is 256 g/mol. The standard InChI is InChI=1S/C15H22N2OS/c1-9-5-7-17(8-6-9)15-12(11-3-4-11)13(16)14(19-15)10(2)18/h9,11H,3-8,16H2,1-2H3. The van der Waals surface area contributed by atoms with Gasteiger partial charge in [-0.3, -0.25) is 4.79 Å². The monoisotopic (exact) mass is 278 g/mol. The van der Waals surface area contributed by atoms with Crippen LogP contribution in [0.15, 0.2) is 0 Å². The molecule has 1 aromatic heterocycles. The number of hydrogen-bond donors (Lipinski definition) is 1. The lowest BCUT2D eigenvalue weighted by molar-refractivity contribution is 0.102. The summed E-state index contributed by atoms with van der Waals surface area (Å²) in [6.45, 7) is 6.17. The third-order valence-corrected chi connectivity index (χ3v) is 5.72. The van der Waals surface area contributed by atoms with Crippen molar-refractivity contribution in [2.45, 2.75) is 45.4 Å². The first-order valence-electron chi connectivity index (χ1n) is 7.26. The first-order chi connectivity index (χ1) is 9.08. The highest BCUT2D eigenvalue weighted by Crippen LogP contribution is 2.52. The summed E-state index contributed by atoms with van der Waals surface area (Å²) in [7, 11) is 0. The molecule has 19 heavy (non-hydrogen) atoms. The predicted molar refractivity (Wildman–Crippen MR) is 81.3 cm³/mol. The molecule has 1 aliphatic carbocycles. The Hall–Kier alpha value is -1.03. The van der Waals surface area contributed by atoms with E-state index in [1.54, 1.807) is 18.3 Å². The third-order valence-electron chi connectivity index (χ3n) is 4.34. The van der Waals surface area contributed by atoms with E-state index in [1.807, 2.05) is 0 Å². The van der Waals surface area contributed by atoms with Gasteiger partial charge in [-0.15, -0.1) is 11.3 Å². The summed E-state index contributed by atoms with van der Waals surface area (Å²) < 4.78 is 0. The van der Waals surface area contributed by atoms with Gasteiger partial charge in [0.1, 0.15) is 0 Å². The van der Waals surface area contributed by atoms with Crippen molar-refractivity contribution >= 4 is 27.8 Å². The van der Waals surface area contributed by atoms with Crippen molar-refractivity contribution in [3.63, 3.8) is 0 Å². The SMILES string of the molecule is CC(=O)c1sc(N2CCC(C)CC2)c(C2CC2)c1N. The molecule has 0 spiro atoms. The normalized spacial score (nSPS) is 20.8. The van der Waals surface area contributed by atoms with Crippen molar-refractivity contribution in [1.82, 2.24) is 0 Å². The number of rotatable bonds is 3. The first kappa shape index (κ1) is 13.0. The summed E-state index contributed by atoms with van der Waals surface area (Å²) in [5, 5.41) is 1.29. The van der Waals surface area contributed by atoms with Gasteiger partial charge in [-0.1, -0.05) is 6.92 Å². The second-order valence-electron chi connectivity index (χ2n) is 6.06. The molecule has 2 N–H and O–H groups in total. The molecule has 0 aromatic carbocycles. The fraction of sp³-hybridized carbons (Fsp3) is 0.667. The number of nitrogen functional groups attached to an aromatic ring is 1. The molecule has 0 unspecified atom stereocenters. The Morgan fingerprint density at radius 1 is 1.26 bits per heavy atom. The van der Waals surface area contributed by atoms with Gasteiger partial charge in [0.2, 0.25) is 0 Å². The highest BCUT2D eigenvalue weighted by atomic mass is 32.1. The molecule has 104 valence electrons. The van der Waals surface area contributed by atoms with E-state index in [2.05, 4.69) is 11.8 Å². The summed E-state index contributed by atoms with van der Waals surface area (Å²) in [5.41, 5.74) is 8.30. The smallest absolute Gasteiger partial charge is 0.171 e. The van der Waals surface area contributed by atoms with Crippen molar-refractivity contribution < 1.29 is 4.79 Å². The van der Waals surface area contributed by atoms with Crippen LogP contribution >= 0.6 is 11.3 Å². The number of thiophene rings is 1. The number of hydrogen-bond acceptors (Lipinski definition) is 4. The zero-order valence-corrected chi connectivity index (χ0v) is 12.6. The third kappa shape index (κ3) is 2.38. The van der Waals surface area contributed by atoms with Crippen LogP contribution in [0.2, 0.25) is 0 Å². The maximum absolute atomic E-state index is 11.7. The Balaban J connectivity index is 1.95. The van der Waals surface area contributed by atoms with Crippen LogP contribution in [0, 0.1) is 5.92 Å². The van der Waals surface area contributed by atoms with E-state index < -0.39 is 0 Å². The minimum atomic E-state index is 0.112. The van der Waals surface area contributed by atoms with Gasteiger partial charge in [0, 0.05) is 25.6 Å². The number of Topliss-reactive ketones (excluding diaryl/α,β-unsaturated/α-hetero) is 1. The van der Waals surface area contributed by atoms with Crippen LogP contribution in [0.5, 0.6) is 0 Å². The van der Waals surface area contributed by atoms with Crippen LogP contribution in [-0.4, -0.2) is 18.9 Å². The number of nitrogens with zero attached hydrogens (tertiary/aromatic N) is 1. The van der Waals surface area contributed by atoms with E-state index in [-0.39, 0.29) is 5.78 Å². The molecule has 0 bridgehead atoms. The molecule has 0 amide bonds. The molecular formula is C15H22N2OS. The molecule has 0 radical (unpaired) electrons. The van der Waals surface area contributed by atoms with Gasteiger partial charge >= 0.3 is 0 Å². The van der Waals surface area contributed by atoms with Gasteiger partial charge < -0.3 is 10.6 Å². The zero-order chi connectivity index (χ0) is 13.6. The van der Waals surface area contributed by atoms with E-state index in [4.69, 9.17) is 5.73 Å². The maximum atomic E-state index is 11.7. The number of piperidine rings is 1. The van der Waals surface area contributed by atoms with Crippen LogP contribution in [0.1, 0.15) is 60.7 Å². The number of ketones is 1. The lowest BCUT2D eigenvalue weighted by Crippen LogP contribution is -2.32. The average Bonchev–Trinajstić information content (AvgIpc) is 3.14. The fourth-order valence-corrected chi connectivity index (χ4v) is 4.17. The van der Waals surface area contributed by atoms with Crippen LogP contribution < -0.4 is 10.6 Å². The Morgan fingerprint density at radius 2 is 1.89 bits per heavy atom. The van der Waals surface area contributed by atoms with E-state index >= 15 is 0 Å². The quantitative estimate of drug-likeness (QED) is 0.859. The van der Waals surface area contributed by atoms with Crippen LogP contribution in [0.4, 0.5) is 10.7 Å². The van der Waals surface area contributed by atoms with Crippen molar-refractivity contribution in [2.75, 3.05) is 23.7 Å². The largest absolute Gasteiger partial charge is 0.397 e. The van der Waals surface area contributed by atoms with Gasteiger partial charge in [-0.2, -0.15) is 0 Å². The molecule has 1 aromatic rings. The van der Waals surface area contributed by atoms with Gasteiger partial charge in [0.15, 0.2) is 5.78 Å². The summed E-state index contributed by atoms with van der Waals surface area (Å²) in [6.07, 6.45) is 4.96. The Labute approximate surface area is 118 Å². The number of nitrogens with two attached hydrogens (primary N) is 1. The molecule has 2 aliphatic rings. The topological polar surface area (TPSA) is 46.3 Å². The van der Waals surface area contributed by atoms with Crippen molar-refractivity contribution in [3.05, 3.63) is 10.4 Å². The summed E-state index contributed by atoms with van der Waals surface area (Å²) >= 11 is 1.62. The lowest BCUT2D eigenvalue weighted by Gasteiger charge is -2.32. The molecule has 1 aliphatic heterocycles. The minimum Gasteiger partial charge on any atom is -0.397 e. The molecule has 3 nitrogen and oxygen atoms in total. The lowest BCUT2D eigenvalue weighted by atomic mass is 9.99. The minimum absolute atomic E-state index is 0.112. The Kier molecular flexibility index (Phi) is 3.29. The van der Waals surface area contributed by atoms with Crippen molar-refractivity contribution in [1.29, 1.82) is 0 Å². The van der Waals surface area contributed by atoms with Gasteiger partial charge in [-0.05, 0) is 37.5 Å². The van der Waals surface area contributed by atoms with Gasteiger partial charge in [0.05, 0.1) is 15.6 Å². The molecule has 1 saturated carbocycles. The Morgan fingerprint density at radius 3 is 2.42 bits per heavy atom. The molecule has 4 heteroatoms. The average molecular weight is 278 g/mol. The van der Waals surface area contributed by atoms with Crippen LogP contribution in [-0.2, 0) is 0 Å². The first-order valence-corrected chi connectivity index (χ1v) is 8.07. The molecule has 2 fully saturated rings. The maximum Gasteiger partial charge on any atom is 0.171 e. The number of carbonyl (C=O) groups excluding carboxylic acids is 1. The van der Waals surface area contributed by atoms with Crippen molar-refractivity contribution in [3.8, 4) is 0 Å². The fourth-order valence-electron chi connectivity index (χ4n) is 2.92. The highest BCUT2D eigenvalue weighted by Gasteiger charge is 2.34. The van der Waals surface area contributed by atoms with Crippen LogP contribution in [0.3, 0.4) is 0 Å². The van der Waals surface area contributed by atoms with Crippen molar-refractivity contribution in [2.24, 2.45) is 5.92 Å². The van der Waals surface area contributed by atoms with Gasteiger partial charge in [-0.25, -0.2) is 0 Å². The summed E-state index contributed by atoms with van der Waals surface area (Å²) in [6, 6.07) is 0. The van der Waals surface area contributed by atoms with Gasteiger partial charge in [0.25, 0.3) is 0 Å². The van der Waals surface area contributed by atoms with E-state index in [0.29, 0.717) is 5.92 Å². The zero-order valence-electron chi connectivity index (χ0n) is 11.7. The Bertz CT molecular complexity index is 496.